The molecule has 0 unspecified atom stereocenters. The third-order valence-electron chi connectivity index (χ3n) is 4.65. The maximum Gasteiger partial charge on any atom is 0.309 e. The monoisotopic (exact) mass is 473 g/mol. The van der Waals surface area contributed by atoms with Crippen molar-refractivity contribution in [2.45, 2.75) is 46.6 Å². The molecule has 0 atom stereocenters. The first-order valence-electron chi connectivity index (χ1n) is 9.46. The van der Waals surface area contributed by atoms with Crippen LogP contribution in [0.15, 0.2) is 29.3 Å². The molecule has 1 aliphatic rings. The number of hydrogen-bond acceptors (Lipinski definition) is 3. The highest BCUT2D eigenvalue weighted by Crippen LogP contribution is 2.19. The van der Waals surface area contributed by atoms with E-state index in [4.69, 9.17) is 9.73 Å². The number of aliphatic imine (C=N–C) groups is 1. The summed E-state index contributed by atoms with van der Waals surface area (Å²) in [5.74, 6) is 0.913. The quantitative estimate of drug-likeness (QED) is 0.297. The minimum atomic E-state index is -0.0547. The lowest BCUT2D eigenvalue weighted by Crippen LogP contribution is -2.46. The van der Waals surface area contributed by atoms with Crippen molar-refractivity contribution >= 4 is 35.9 Å². The van der Waals surface area contributed by atoms with Crippen molar-refractivity contribution in [3.8, 4) is 0 Å². The van der Waals surface area contributed by atoms with Crippen molar-refractivity contribution in [2.24, 2.45) is 10.9 Å². The molecule has 0 bridgehead atoms. The van der Waals surface area contributed by atoms with E-state index in [9.17, 15) is 4.79 Å². The number of rotatable bonds is 6. The second-order valence-corrected chi connectivity index (χ2v) is 6.31. The Morgan fingerprint density at radius 2 is 1.85 bits per heavy atom. The number of halogens is 1. The highest BCUT2D eigenvalue weighted by Gasteiger charge is 2.27. The second kappa shape index (κ2) is 12.1. The van der Waals surface area contributed by atoms with Crippen molar-refractivity contribution in [3.63, 3.8) is 0 Å². The molecule has 26 heavy (non-hydrogen) atoms. The fourth-order valence-corrected chi connectivity index (χ4v) is 3.23. The summed E-state index contributed by atoms with van der Waals surface area (Å²) >= 11 is 0. The molecule has 0 saturated carbocycles. The molecule has 1 aromatic rings. The van der Waals surface area contributed by atoms with Gasteiger partial charge in [0.15, 0.2) is 5.96 Å². The Morgan fingerprint density at radius 3 is 2.42 bits per heavy atom. The number of esters is 1. The lowest BCUT2D eigenvalue weighted by molar-refractivity contribution is -0.149. The summed E-state index contributed by atoms with van der Waals surface area (Å²) in [6, 6.07) is 8.47. The average Bonchev–Trinajstić information content (AvgIpc) is 2.65. The standard InChI is InChI=1S/C20H31N3O2.HI/c1-4-16-9-7-8-10-18(16)15-22-20(21-5-2)23-13-11-17(12-14-23)19(24)25-6-3;/h7-10,17H,4-6,11-15H2,1-3H3,(H,21,22);1H. The summed E-state index contributed by atoms with van der Waals surface area (Å²) in [5, 5.41) is 3.39. The molecule has 1 saturated heterocycles. The number of nitrogens with one attached hydrogen (secondary N) is 1. The first kappa shape index (κ1) is 22.7. The van der Waals surface area contributed by atoms with Crippen LogP contribution in [0, 0.1) is 5.92 Å². The van der Waals surface area contributed by atoms with Gasteiger partial charge in [-0.15, -0.1) is 24.0 Å². The Balaban J connectivity index is 0.00000338. The minimum absolute atomic E-state index is 0. The zero-order chi connectivity index (χ0) is 18.1. The third-order valence-corrected chi connectivity index (χ3v) is 4.65. The van der Waals surface area contributed by atoms with E-state index in [-0.39, 0.29) is 35.9 Å². The molecule has 146 valence electrons. The molecule has 0 amide bonds. The van der Waals surface area contributed by atoms with Crippen LogP contribution in [-0.4, -0.2) is 43.1 Å². The summed E-state index contributed by atoms with van der Waals surface area (Å²) in [7, 11) is 0. The predicted molar refractivity (Wildman–Crippen MR) is 117 cm³/mol. The Hall–Kier alpha value is -1.31. The summed E-state index contributed by atoms with van der Waals surface area (Å²) in [4.78, 5) is 19.0. The number of piperidine rings is 1. The van der Waals surface area contributed by atoms with Crippen molar-refractivity contribution in [2.75, 3.05) is 26.2 Å². The van der Waals surface area contributed by atoms with Crippen molar-refractivity contribution in [3.05, 3.63) is 35.4 Å². The van der Waals surface area contributed by atoms with E-state index in [0.717, 1.165) is 44.9 Å². The molecular formula is C20H32IN3O2. The van der Waals surface area contributed by atoms with Crippen LogP contribution in [0.5, 0.6) is 0 Å². The third kappa shape index (κ3) is 6.45. The smallest absolute Gasteiger partial charge is 0.309 e. The van der Waals surface area contributed by atoms with Gasteiger partial charge < -0.3 is 15.0 Å². The largest absolute Gasteiger partial charge is 0.466 e. The fraction of sp³-hybridized carbons (Fsp3) is 0.600. The molecule has 6 heteroatoms. The fourth-order valence-electron chi connectivity index (χ4n) is 3.23. The van der Waals surface area contributed by atoms with Gasteiger partial charge in [0.05, 0.1) is 19.1 Å². The molecule has 1 aliphatic heterocycles. The van der Waals surface area contributed by atoms with Crippen molar-refractivity contribution in [1.82, 2.24) is 10.2 Å². The van der Waals surface area contributed by atoms with E-state index in [1.54, 1.807) is 0 Å². The lowest BCUT2D eigenvalue weighted by Gasteiger charge is -2.33. The van der Waals surface area contributed by atoms with Crippen LogP contribution in [0.1, 0.15) is 44.7 Å². The Morgan fingerprint density at radius 1 is 1.19 bits per heavy atom. The molecule has 2 rings (SSSR count). The number of nitrogens with zero attached hydrogens (tertiary/aromatic N) is 2. The number of hydrogen-bond donors (Lipinski definition) is 1. The number of carbonyl (C=O) groups excluding carboxylic acids is 1. The van der Waals surface area contributed by atoms with Gasteiger partial charge in [0.1, 0.15) is 0 Å². The van der Waals surface area contributed by atoms with Crippen LogP contribution < -0.4 is 5.32 Å². The van der Waals surface area contributed by atoms with Gasteiger partial charge in [-0.3, -0.25) is 4.79 Å². The molecule has 0 aliphatic carbocycles. The maximum absolute atomic E-state index is 11.9. The van der Waals surface area contributed by atoms with Gasteiger partial charge >= 0.3 is 5.97 Å². The van der Waals surface area contributed by atoms with Crippen LogP contribution in [0.3, 0.4) is 0 Å². The van der Waals surface area contributed by atoms with Gasteiger partial charge in [-0.05, 0) is 44.2 Å². The summed E-state index contributed by atoms with van der Waals surface area (Å²) < 4.78 is 5.15. The molecule has 1 heterocycles. The van der Waals surface area contributed by atoms with Crippen LogP contribution in [0.4, 0.5) is 0 Å². The molecule has 1 fully saturated rings. The van der Waals surface area contributed by atoms with Crippen molar-refractivity contribution in [1.29, 1.82) is 0 Å². The number of aryl methyl sites for hydroxylation is 1. The van der Waals surface area contributed by atoms with E-state index >= 15 is 0 Å². The van der Waals surface area contributed by atoms with Gasteiger partial charge in [-0.2, -0.15) is 0 Å². The number of ether oxygens (including phenoxy) is 1. The van der Waals surface area contributed by atoms with Gasteiger partial charge in [-0.25, -0.2) is 4.99 Å². The first-order valence-corrected chi connectivity index (χ1v) is 9.46. The molecule has 1 aromatic carbocycles. The zero-order valence-electron chi connectivity index (χ0n) is 16.2. The van der Waals surface area contributed by atoms with Gasteiger partial charge in [0, 0.05) is 19.6 Å². The number of guanidine groups is 1. The van der Waals surface area contributed by atoms with Gasteiger partial charge in [0.25, 0.3) is 0 Å². The maximum atomic E-state index is 11.9. The van der Waals surface area contributed by atoms with Crippen LogP contribution in [-0.2, 0) is 22.5 Å². The van der Waals surface area contributed by atoms with E-state index in [1.807, 2.05) is 6.92 Å². The Labute approximate surface area is 174 Å². The minimum Gasteiger partial charge on any atom is -0.466 e. The predicted octanol–water partition coefficient (Wildman–Crippen LogP) is 3.61. The van der Waals surface area contributed by atoms with Gasteiger partial charge in [0.2, 0.25) is 0 Å². The van der Waals surface area contributed by atoms with E-state index in [0.29, 0.717) is 13.2 Å². The molecular weight excluding hydrogens is 441 g/mol. The highest BCUT2D eigenvalue weighted by molar-refractivity contribution is 14.0. The van der Waals surface area contributed by atoms with E-state index < -0.39 is 0 Å². The Kier molecular flexibility index (Phi) is 10.6. The zero-order valence-corrected chi connectivity index (χ0v) is 18.5. The Bertz CT molecular complexity index is 584. The number of benzene rings is 1. The number of likely N-dealkylation sites (tertiary alicyclic amines) is 1. The second-order valence-electron chi connectivity index (χ2n) is 6.31. The molecule has 0 radical (unpaired) electrons. The summed E-state index contributed by atoms with van der Waals surface area (Å²) in [6.07, 6.45) is 2.68. The molecule has 0 spiro atoms. The topological polar surface area (TPSA) is 53.9 Å². The normalized spacial score (nSPS) is 15.3. The summed E-state index contributed by atoms with van der Waals surface area (Å²) in [5.41, 5.74) is 2.63. The van der Waals surface area contributed by atoms with Crippen LogP contribution >= 0.6 is 24.0 Å². The van der Waals surface area contributed by atoms with Crippen LogP contribution in [0.25, 0.3) is 0 Å². The SMILES string of the molecule is CCNC(=NCc1ccccc1CC)N1CCC(C(=O)OCC)CC1.I. The lowest BCUT2D eigenvalue weighted by atomic mass is 9.97. The van der Waals surface area contributed by atoms with Crippen LogP contribution in [0.2, 0.25) is 0 Å². The molecule has 1 N–H and O–H groups in total. The summed E-state index contributed by atoms with van der Waals surface area (Å²) in [6.45, 7) is 9.78. The first-order chi connectivity index (χ1) is 12.2. The van der Waals surface area contributed by atoms with E-state index in [1.165, 1.54) is 11.1 Å². The number of carbonyl (C=O) groups is 1. The highest BCUT2D eigenvalue weighted by atomic mass is 127. The molecule has 0 aromatic heterocycles. The average molecular weight is 473 g/mol. The molecule has 5 nitrogen and oxygen atoms in total. The van der Waals surface area contributed by atoms with Gasteiger partial charge in [-0.1, -0.05) is 31.2 Å². The van der Waals surface area contributed by atoms with E-state index in [2.05, 4.69) is 48.3 Å². The van der Waals surface area contributed by atoms with Crippen molar-refractivity contribution < 1.29 is 9.53 Å².